The number of hydrogen-bond donors (Lipinski definition) is 4. The molecule has 2 heterocycles. The Labute approximate surface area is 165 Å². The SMILES string of the molecule is CN(C)c1ccncc1.CN(C)c1ccncc1.O=P(O)(O)OC[C@H](O)CO. The molecule has 11 heteroatoms. The summed E-state index contributed by atoms with van der Waals surface area (Å²) < 4.78 is 13.8. The molecule has 2 aromatic heterocycles. The van der Waals surface area contributed by atoms with Gasteiger partial charge in [-0.3, -0.25) is 14.5 Å². The maximum absolute atomic E-state index is 9.93. The summed E-state index contributed by atoms with van der Waals surface area (Å²) in [5, 5.41) is 16.7. The standard InChI is InChI=1S/2C7H10N2.C3H9O6P/c2*1-9(2)7-3-5-8-6-4-7;4-1-3(5)2-9-10(6,7)8/h2*3-6H,1-2H3;3-5H,1-2H2,(H2,6,7,8)/t;;3-/m..1/s1. The predicted molar refractivity (Wildman–Crippen MR) is 108 cm³/mol. The van der Waals surface area contributed by atoms with Gasteiger partial charge in [-0.05, 0) is 24.3 Å². The minimum Gasteiger partial charge on any atom is -0.394 e. The molecule has 0 amide bonds. The van der Waals surface area contributed by atoms with Crippen LogP contribution in [0.25, 0.3) is 0 Å². The molecule has 2 rings (SSSR count). The van der Waals surface area contributed by atoms with Crippen molar-refractivity contribution in [2.45, 2.75) is 6.10 Å². The highest BCUT2D eigenvalue weighted by molar-refractivity contribution is 7.46. The number of aliphatic hydroxyl groups is 2. The monoisotopic (exact) mass is 416 g/mol. The Morgan fingerprint density at radius 3 is 1.50 bits per heavy atom. The van der Waals surface area contributed by atoms with Gasteiger partial charge in [0.25, 0.3) is 0 Å². The van der Waals surface area contributed by atoms with Gasteiger partial charge in [-0.2, -0.15) is 0 Å². The molecule has 0 unspecified atom stereocenters. The van der Waals surface area contributed by atoms with E-state index in [-0.39, 0.29) is 0 Å². The van der Waals surface area contributed by atoms with Crippen LogP contribution in [-0.2, 0) is 9.09 Å². The Morgan fingerprint density at radius 2 is 1.29 bits per heavy atom. The fourth-order valence-corrected chi connectivity index (χ4v) is 1.89. The Morgan fingerprint density at radius 1 is 0.929 bits per heavy atom. The number of phosphoric acid groups is 1. The fraction of sp³-hybridized carbons (Fsp3) is 0.412. The number of anilines is 2. The van der Waals surface area contributed by atoms with E-state index < -0.39 is 27.1 Å². The van der Waals surface area contributed by atoms with E-state index in [1.54, 1.807) is 24.8 Å². The third-order valence-corrected chi connectivity index (χ3v) is 3.49. The molecule has 10 nitrogen and oxygen atoms in total. The summed E-state index contributed by atoms with van der Waals surface area (Å²) in [5.74, 6) is 0. The van der Waals surface area contributed by atoms with E-state index in [0.29, 0.717) is 0 Å². The van der Waals surface area contributed by atoms with Crippen LogP contribution < -0.4 is 9.80 Å². The van der Waals surface area contributed by atoms with Crippen molar-refractivity contribution in [2.24, 2.45) is 0 Å². The third kappa shape index (κ3) is 14.0. The third-order valence-electron chi connectivity index (χ3n) is 3.00. The van der Waals surface area contributed by atoms with E-state index in [9.17, 15) is 4.57 Å². The lowest BCUT2D eigenvalue weighted by atomic mass is 10.4. The second-order valence-corrected chi connectivity index (χ2v) is 7.06. The highest BCUT2D eigenvalue weighted by Gasteiger charge is 2.15. The van der Waals surface area contributed by atoms with E-state index in [0.717, 1.165) is 0 Å². The zero-order chi connectivity index (χ0) is 21.6. The largest absolute Gasteiger partial charge is 0.469 e. The van der Waals surface area contributed by atoms with Crippen LogP contribution in [0.2, 0.25) is 0 Å². The van der Waals surface area contributed by atoms with Crippen LogP contribution in [0.4, 0.5) is 11.4 Å². The molecule has 0 saturated heterocycles. The minimum absolute atomic E-state index is 0.569. The smallest absolute Gasteiger partial charge is 0.394 e. The first-order valence-electron chi connectivity index (χ1n) is 8.20. The Bertz CT molecular complexity index is 626. The zero-order valence-corrected chi connectivity index (χ0v) is 17.3. The van der Waals surface area contributed by atoms with Gasteiger partial charge >= 0.3 is 7.82 Å². The van der Waals surface area contributed by atoms with E-state index >= 15 is 0 Å². The second kappa shape index (κ2) is 14.0. The quantitative estimate of drug-likeness (QED) is 0.499. The summed E-state index contributed by atoms with van der Waals surface area (Å²) in [6, 6.07) is 7.89. The number of phosphoric ester groups is 1. The van der Waals surface area contributed by atoms with Crippen LogP contribution in [-0.4, -0.2) is 77.5 Å². The van der Waals surface area contributed by atoms with Crippen LogP contribution in [0.3, 0.4) is 0 Å². The lowest BCUT2D eigenvalue weighted by Crippen LogP contribution is -2.18. The number of nitrogens with zero attached hydrogens (tertiary/aromatic N) is 4. The molecule has 0 aliphatic carbocycles. The summed E-state index contributed by atoms with van der Waals surface area (Å²) in [5.41, 5.74) is 2.37. The Balaban J connectivity index is 0.000000391. The van der Waals surface area contributed by atoms with Gasteiger partial charge in [-0.1, -0.05) is 0 Å². The van der Waals surface area contributed by atoms with Gasteiger partial charge in [0.2, 0.25) is 0 Å². The number of aliphatic hydroxyl groups excluding tert-OH is 2. The molecular weight excluding hydrogens is 387 g/mol. The topological polar surface area (TPSA) is 139 Å². The average molecular weight is 416 g/mol. The lowest BCUT2D eigenvalue weighted by molar-refractivity contribution is 0.0419. The molecule has 0 spiro atoms. The van der Waals surface area contributed by atoms with E-state index in [1.807, 2.05) is 62.3 Å². The molecule has 158 valence electrons. The highest BCUT2D eigenvalue weighted by atomic mass is 31.2. The molecule has 0 aliphatic rings. The minimum atomic E-state index is -4.50. The van der Waals surface area contributed by atoms with Gasteiger partial charge in [0.05, 0.1) is 13.2 Å². The average Bonchev–Trinajstić information content (AvgIpc) is 2.68. The van der Waals surface area contributed by atoms with Crippen molar-refractivity contribution < 1.29 is 29.1 Å². The molecule has 0 saturated carbocycles. The van der Waals surface area contributed by atoms with Crippen molar-refractivity contribution in [1.82, 2.24) is 9.97 Å². The summed E-state index contributed by atoms with van der Waals surface area (Å²) in [6.45, 7) is -1.15. The van der Waals surface area contributed by atoms with E-state index in [2.05, 4.69) is 14.5 Å². The highest BCUT2D eigenvalue weighted by Crippen LogP contribution is 2.35. The molecule has 0 aromatic carbocycles. The molecule has 2 aromatic rings. The summed E-state index contributed by atoms with van der Waals surface area (Å²) >= 11 is 0. The normalized spacial score (nSPS) is 11.3. The number of pyridine rings is 2. The molecule has 0 aliphatic heterocycles. The second-order valence-electron chi connectivity index (χ2n) is 5.82. The maximum Gasteiger partial charge on any atom is 0.469 e. The maximum atomic E-state index is 9.93. The van der Waals surface area contributed by atoms with Crippen molar-refractivity contribution in [3.05, 3.63) is 49.1 Å². The van der Waals surface area contributed by atoms with E-state index in [1.165, 1.54) is 11.4 Å². The molecule has 0 bridgehead atoms. The van der Waals surface area contributed by atoms with Crippen molar-refractivity contribution in [1.29, 1.82) is 0 Å². The molecular formula is C17H29N4O6P. The summed E-state index contributed by atoms with van der Waals surface area (Å²) in [4.78, 5) is 28.0. The van der Waals surface area contributed by atoms with Crippen molar-refractivity contribution in [2.75, 3.05) is 51.2 Å². The summed E-state index contributed by atoms with van der Waals surface area (Å²) in [7, 11) is 3.53. The van der Waals surface area contributed by atoms with Crippen LogP contribution in [0, 0.1) is 0 Å². The van der Waals surface area contributed by atoms with Gasteiger partial charge in [0.1, 0.15) is 6.10 Å². The van der Waals surface area contributed by atoms with Crippen molar-refractivity contribution in [3.8, 4) is 0 Å². The number of rotatable bonds is 6. The molecule has 28 heavy (non-hydrogen) atoms. The van der Waals surface area contributed by atoms with Gasteiger partial charge in [0, 0.05) is 64.4 Å². The molecule has 0 fully saturated rings. The number of hydrogen-bond acceptors (Lipinski definition) is 8. The first-order valence-corrected chi connectivity index (χ1v) is 9.73. The van der Waals surface area contributed by atoms with Crippen LogP contribution in [0.1, 0.15) is 0 Å². The molecule has 4 N–H and O–H groups in total. The van der Waals surface area contributed by atoms with Gasteiger partial charge in [-0.15, -0.1) is 0 Å². The van der Waals surface area contributed by atoms with Crippen molar-refractivity contribution in [3.63, 3.8) is 0 Å². The van der Waals surface area contributed by atoms with Crippen LogP contribution in [0.15, 0.2) is 49.1 Å². The molecule has 0 radical (unpaired) electrons. The predicted octanol–water partition coefficient (Wildman–Crippen LogP) is 0.744. The Hall–Kier alpha value is -2.07. The summed E-state index contributed by atoms with van der Waals surface area (Å²) in [6.07, 6.45) is 5.91. The van der Waals surface area contributed by atoms with Gasteiger partial charge in [-0.25, -0.2) is 4.57 Å². The van der Waals surface area contributed by atoms with Crippen molar-refractivity contribution >= 4 is 19.2 Å². The van der Waals surface area contributed by atoms with Crippen LogP contribution >= 0.6 is 7.82 Å². The van der Waals surface area contributed by atoms with Crippen LogP contribution in [0.5, 0.6) is 0 Å². The van der Waals surface area contributed by atoms with Gasteiger partial charge < -0.3 is 29.8 Å². The zero-order valence-electron chi connectivity index (χ0n) is 16.5. The first-order chi connectivity index (χ1) is 13.1. The Kier molecular flexibility index (Phi) is 13.0. The fourth-order valence-electron chi connectivity index (χ4n) is 1.52. The van der Waals surface area contributed by atoms with E-state index in [4.69, 9.17) is 20.0 Å². The number of aromatic nitrogens is 2. The molecule has 1 atom stereocenters. The lowest BCUT2D eigenvalue weighted by Gasteiger charge is -2.10. The van der Waals surface area contributed by atoms with Gasteiger partial charge in [0.15, 0.2) is 0 Å². The first kappa shape index (κ1) is 25.9.